The van der Waals surface area contributed by atoms with E-state index in [2.05, 4.69) is 0 Å². The highest BCUT2D eigenvalue weighted by Gasteiger charge is 2.18. The van der Waals surface area contributed by atoms with Gasteiger partial charge < -0.3 is 0 Å². The molecule has 0 N–H and O–H groups in total. The Balaban J connectivity index is 3.04. The van der Waals surface area contributed by atoms with Gasteiger partial charge >= 0.3 is 0 Å². The SMILES string of the molecule is O=Cc1c(F)c(F)c(F)c2ccccc12. The molecule has 0 bridgehead atoms. The van der Waals surface area contributed by atoms with Crippen LogP contribution in [-0.2, 0) is 0 Å². The molecule has 0 aliphatic rings. The molecule has 0 aromatic heterocycles. The Bertz CT molecular complexity index is 549. The van der Waals surface area contributed by atoms with E-state index in [1.165, 1.54) is 24.3 Å². The molecular weight excluding hydrogens is 205 g/mol. The first-order valence-corrected chi connectivity index (χ1v) is 4.17. The fraction of sp³-hybridized carbons (Fsp3) is 0. The summed E-state index contributed by atoms with van der Waals surface area (Å²) in [7, 11) is 0. The van der Waals surface area contributed by atoms with Crippen LogP contribution in [0.25, 0.3) is 10.8 Å². The second-order valence-corrected chi connectivity index (χ2v) is 3.02. The predicted octanol–water partition coefficient (Wildman–Crippen LogP) is 3.07. The van der Waals surface area contributed by atoms with Gasteiger partial charge in [0.2, 0.25) is 0 Å². The lowest BCUT2D eigenvalue weighted by Crippen LogP contribution is -1.99. The first kappa shape index (κ1) is 9.71. The molecule has 1 nitrogen and oxygen atoms in total. The summed E-state index contributed by atoms with van der Waals surface area (Å²) in [5.41, 5.74) is -0.454. The number of fused-ring (bicyclic) bond motifs is 1. The van der Waals surface area contributed by atoms with Gasteiger partial charge in [0.25, 0.3) is 0 Å². The van der Waals surface area contributed by atoms with Crippen molar-refractivity contribution in [2.75, 3.05) is 0 Å². The molecule has 0 aliphatic heterocycles. The van der Waals surface area contributed by atoms with Crippen molar-refractivity contribution < 1.29 is 18.0 Å². The summed E-state index contributed by atoms with van der Waals surface area (Å²) in [4.78, 5) is 10.6. The molecule has 0 atom stereocenters. The van der Waals surface area contributed by atoms with Crippen molar-refractivity contribution in [1.82, 2.24) is 0 Å². The van der Waals surface area contributed by atoms with Gasteiger partial charge in [0.05, 0.1) is 5.56 Å². The molecule has 0 fully saturated rings. The maximum Gasteiger partial charge on any atom is 0.195 e. The van der Waals surface area contributed by atoms with Crippen molar-refractivity contribution in [3.63, 3.8) is 0 Å². The smallest absolute Gasteiger partial charge is 0.195 e. The largest absolute Gasteiger partial charge is 0.298 e. The van der Waals surface area contributed by atoms with Gasteiger partial charge in [0.1, 0.15) is 0 Å². The molecule has 76 valence electrons. The molecular formula is C11H5F3O. The molecule has 4 heteroatoms. The van der Waals surface area contributed by atoms with Gasteiger partial charge in [-0.2, -0.15) is 0 Å². The number of benzene rings is 2. The number of hydrogen-bond donors (Lipinski definition) is 0. The zero-order valence-electron chi connectivity index (χ0n) is 7.43. The monoisotopic (exact) mass is 210 g/mol. The molecule has 0 heterocycles. The zero-order chi connectivity index (χ0) is 11.0. The van der Waals surface area contributed by atoms with Crippen LogP contribution in [-0.4, -0.2) is 6.29 Å². The summed E-state index contributed by atoms with van der Waals surface area (Å²) in [6, 6.07) is 5.66. The third kappa shape index (κ3) is 1.29. The van der Waals surface area contributed by atoms with E-state index in [0.29, 0.717) is 0 Å². The van der Waals surface area contributed by atoms with Gasteiger partial charge in [0, 0.05) is 5.39 Å². The molecule has 15 heavy (non-hydrogen) atoms. The second kappa shape index (κ2) is 3.38. The lowest BCUT2D eigenvalue weighted by Gasteiger charge is -2.05. The average molecular weight is 210 g/mol. The van der Waals surface area contributed by atoms with E-state index in [-0.39, 0.29) is 17.1 Å². The number of halogens is 3. The van der Waals surface area contributed by atoms with Crippen LogP contribution in [0.3, 0.4) is 0 Å². The summed E-state index contributed by atoms with van der Waals surface area (Å²) in [5, 5.41) is -0.0256. The van der Waals surface area contributed by atoms with Crippen LogP contribution in [0.4, 0.5) is 13.2 Å². The summed E-state index contributed by atoms with van der Waals surface area (Å²) in [5.74, 6) is -4.33. The highest BCUT2D eigenvalue weighted by Crippen LogP contribution is 2.26. The van der Waals surface area contributed by atoms with E-state index in [1.54, 1.807) is 0 Å². The van der Waals surface area contributed by atoms with Crippen molar-refractivity contribution in [2.24, 2.45) is 0 Å². The predicted molar refractivity (Wildman–Crippen MR) is 49.2 cm³/mol. The van der Waals surface area contributed by atoms with Crippen molar-refractivity contribution >= 4 is 17.1 Å². The van der Waals surface area contributed by atoms with Crippen molar-refractivity contribution in [3.05, 3.63) is 47.3 Å². The number of hydrogen-bond acceptors (Lipinski definition) is 1. The van der Waals surface area contributed by atoms with Crippen LogP contribution in [0, 0.1) is 17.5 Å². The molecule has 0 radical (unpaired) electrons. The first-order valence-electron chi connectivity index (χ1n) is 4.17. The Morgan fingerprint density at radius 3 is 2.07 bits per heavy atom. The third-order valence-electron chi connectivity index (χ3n) is 2.19. The number of aldehydes is 1. The van der Waals surface area contributed by atoms with Gasteiger partial charge in [0.15, 0.2) is 23.7 Å². The second-order valence-electron chi connectivity index (χ2n) is 3.02. The Morgan fingerprint density at radius 2 is 1.47 bits per heavy atom. The van der Waals surface area contributed by atoms with Crippen LogP contribution < -0.4 is 0 Å². The summed E-state index contributed by atoms with van der Waals surface area (Å²) < 4.78 is 39.4. The van der Waals surface area contributed by atoms with Gasteiger partial charge in [-0.25, -0.2) is 13.2 Å². The van der Waals surface area contributed by atoms with Crippen LogP contribution in [0.1, 0.15) is 10.4 Å². The maximum atomic E-state index is 13.2. The van der Waals surface area contributed by atoms with E-state index in [1.807, 2.05) is 0 Å². The van der Waals surface area contributed by atoms with Gasteiger partial charge in [-0.3, -0.25) is 4.79 Å². The third-order valence-corrected chi connectivity index (χ3v) is 2.19. The van der Waals surface area contributed by atoms with Crippen molar-refractivity contribution in [1.29, 1.82) is 0 Å². The van der Waals surface area contributed by atoms with Gasteiger partial charge in [-0.1, -0.05) is 24.3 Å². The maximum absolute atomic E-state index is 13.2. The van der Waals surface area contributed by atoms with Crippen LogP contribution in [0.5, 0.6) is 0 Å². The van der Waals surface area contributed by atoms with E-state index < -0.39 is 23.0 Å². The topological polar surface area (TPSA) is 17.1 Å². The van der Waals surface area contributed by atoms with Crippen molar-refractivity contribution in [3.8, 4) is 0 Å². The molecule has 0 unspecified atom stereocenters. The van der Waals surface area contributed by atoms with Crippen LogP contribution in [0.15, 0.2) is 24.3 Å². The Morgan fingerprint density at radius 1 is 0.867 bits per heavy atom. The average Bonchev–Trinajstić information content (AvgIpc) is 2.27. The number of rotatable bonds is 1. The number of carbonyl (C=O) groups excluding carboxylic acids is 1. The Hall–Kier alpha value is -1.84. The molecule has 0 saturated heterocycles. The first-order chi connectivity index (χ1) is 7.16. The highest BCUT2D eigenvalue weighted by atomic mass is 19.2. The van der Waals surface area contributed by atoms with E-state index >= 15 is 0 Å². The lowest BCUT2D eigenvalue weighted by molar-refractivity contribution is 0.112. The Labute approximate surface area is 83.1 Å². The van der Waals surface area contributed by atoms with Crippen molar-refractivity contribution in [2.45, 2.75) is 0 Å². The van der Waals surface area contributed by atoms with Crippen LogP contribution >= 0.6 is 0 Å². The molecule has 0 saturated carbocycles. The van der Waals surface area contributed by atoms with E-state index in [9.17, 15) is 18.0 Å². The molecule has 2 aromatic carbocycles. The minimum Gasteiger partial charge on any atom is -0.298 e. The van der Waals surface area contributed by atoms with Crippen LogP contribution in [0.2, 0.25) is 0 Å². The quantitative estimate of drug-likeness (QED) is 0.522. The molecule has 0 amide bonds. The number of carbonyl (C=O) groups is 1. The standard InChI is InChI=1S/C11H5F3O/c12-9-7-4-2-1-3-6(7)8(5-15)10(13)11(9)14/h1-5H. The molecule has 0 aliphatic carbocycles. The zero-order valence-corrected chi connectivity index (χ0v) is 7.43. The van der Waals surface area contributed by atoms with E-state index in [4.69, 9.17) is 0 Å². The minimum atomic E-state index is -1.61. The summed E-state index contributed by atoms with van der Waals surface area (Å²) in [6.45, 7) is 0. The summed E-state index contributed by atoms with van der Waals surface area (Å²) >= 11 is 0. The molecule has 2 rings (SSSR count). The molecule has 2 aromatic rings. The fourth-order valence-corrected chi connectivity index (χ4v) is 1.48. The van der Waals surface area contributed by atoms with Gasteiger partial charge in [-0.15, -0.1) is 0 Å². The van der Waals surface area contributed by atoms with Gasteiger partial charge in [-0.05, 0) is 5.39 Å². The normalized spacial score (nSPS) is 10.6. The Kier molecular flexibility index (Phi) is 2.19. The fourth-order valence-electron chi connectivity index (χ4n) is 1.48. The summed E-state index contributed by atoms with van der Waals surface area (Å²) in [6.07, 6.45) is 0.181. The highest BCUT2D eigenvalue weighted by molar-refractivity contribution is 5.98. The minimum absolute atomic E-state index is 0.0731. The molecule has 0 spiro atoms. The lowest BCUT2D eigenvalue weighted by atomic mass is 10.0. The van der Waals surface area contributed by atoms with E-state index in [0.717, 1.165) is 0 Å².